The van der Waals surface area contributed by atoms with E-state index in [4.69, 9.17) is 28.4 Å². The van der Waals surface area contributed by atoms with Crippen molar-refractivity contribution in [3.63, 3.8) is 0 Å². The molecule has 32 heavy (non-hydrogen) atoms. The number of nitrogens with zero attached hydrogens (tertiary/aromatic N) is 1. The van der Waals surface area contributed by atoms with Gasteiger partial charge in [0.2, 0.25) is 5.75 Å². The standard InChI is InChI=1S/C23H31NO8/c1-13-19(22(25)30-7)14(2)24-15(3)20(13)23(26)32-10-8-9-31-16-11-17(27-4)21(29-6)18(12-16)28-5/h11-13,19H,8-10H2,1-7H3. The average molecular weight is 450 g/mol. The third-order valence-electron chi connectivity index (χ3n) is 5.24. The Morgan fingerprint density at radius 3 is 2.12 bits per heavy atom. The molecule has 0 radical (unpaired) electrons. The SMILES string of the molecule is COC(=O)C1C(C)=NC(C)=C(C(=O)OCCCOc2cc(OC)c(OC)c(OC)c2)C1C. The number of carbonyl (C=O) groups excluding carboxylic acids is 2. The van der Waals surface area contributed by atoms with Crippen LogP contribution in [0.2, 0.25) is 0 Å². The smallest absolute Gasteiger partial charge is 0.336 e. The Morgan fingerprint density at radius 1 is 0.969 bits per heavy atom. The van der Waals surface area contributed by atoms with Gasteiger partial charge >= 0.3 is 11.9 Å². The largest absolute Gasteiger partial charge is 0.493 e. The van der Waals surface area contributed by atoms with Crippen LogP contribution in [0.15, 0.2) is 28.4 Å². The number of esters is 2. The van der Waals surface area contributed by atoms with Crippen LogP contribution in [0.25, 0.3) is 0 Å². The Kier molecular flexibility index (Phi) is 8.92. The number of allylic oxidation sites excluding steroid dienone is 1. The van der Waals surface area contributed by atoms with Crippen LogP contribution in [-0.4, -0.2) is 59.3 Å². The number of hydrogen-bond donors (Lipinski definition) is 0. The molecule has 1 heterocycles. The van der Waals surface area contributed by atoms with Crippen LogP contribution in [0.4, 0.5) is 0 Å². The van der Waals surface area contributed by atoms with E-state index in [1.807, 2.05) is 0 Å². The fourth-order valence-corrected chi connectivity index (χ4v) is 3.72. The fraction of sp³-hybridized carbons (Fsp3) is 0.522. The normalized spacial score (nSPS) is 17.9. The predicted molar refractivity (Wildman–Crippen MR) is 118 cm³/mol. The van der Waals surface area contributed by atoms with Crippen LogP contribution in [0.1, 0.15) is 27.2 Å². The molecule has 0 spiro atoms. The zero-order chi connectivity index (χ0) is 23.8. The van der Waals surface area contributed by atoms with Gasteiger partial charge in [-0.2, -0.15) is 0 Å². The Morgan fingerprint density at radius 2 is 1.59 bits per heavy atom. The summed E-state index contributed by atoms with van der Waals surface area (Å²) in [6.45, 7) is 5.75. The molecule has 1 aromatic rings. The van der Waals surface area contributed by atoms with Crippen LogP contribution in [0.5, 0.6) is 23.0 Å². The maximum Gasteiger partial charge on any atom is 0.336 e. The molecule has 2 unspecified atom stereocenters. The highest BCUT2D eigenvalue weighted by Gasteiger charge is 2.38. The maximum atomic E-state index is 12.7. The van der Waals surface area contributed by atoms with Gasteiger partial charge in [-0.15, -0.1) is 0 Å². The summed E-state index contributed by atoms with van der Waals surface area (Å²) in [5, 5.41) is 0. The Hall–Kier alpha value is -3.23. The van der Waals surface area contributed by atoms with E-state index in [-0.39, 0.29) is 12.5 Å². The molecule has 0 amide bonds. The number of hydrogen-bond acceptors (Lipinski definition) is 9. The monoisotopic (exact) mass is 449 g/mol. The lowest BCUT2D eigenvalue weighted by Gasteiger charge is -2.28. The van der Waals surface area contributed by atoms with Gasteiger partial charge in [0, 0.05) is 35.9 Å². The first-order valence-corrected chi connectivity index (χ1v) is 10.2. The summed E-state index contributed by atoms with van der Waals surface area (Å²) in [6, 6.07) is 3.39. The van der Waals surface area contributed by atoms with Crippen molar-refractivity contribution in [1.29, 1.82) is 0 Å². The Balaban J connectivity index is 1.94. The second-order valence-electron chi connectivity index (χ2n) is 7.24. The van der Waals surface area contributed by atoms with Crippen molar-refractivity contribution < 1.29 is 38.0 Å². The molecule has 1 aromatic carbocycles. The number of carbonyl (C=O) groups is 2. The zero-order valence-electron chi connectivity index (χ0n) is 19.6. The first-order chi connectivity index (χ1) is 15.3. The summed E-state index contributed by atoms with van der Waals surface area (Å²) in [6.07, 6.45) is 0.464. The topological polar surface area (TPSA) is 102 Å². The van der Waals surface area contributed by atoms with Crippen LogP contribution in [0.3, 0.4) is 0 Å². The van der Waals surface area contributed by atoms with Crippen molar-refractivity contribution >= 4 is 17.7 Å². The summed E-state index contributed by atoms with van der Waals surface area (Å²) >= 11 is 0. The van der Waals surface area contributed by atoms with Gasteiger partial charge in [-0.1, -0.05) is 6.92 Å². The first-order valence-electron chi connectivity index (χ1n) is 10.2. The van der Waals surface area contributed by atoms with Gasteiger partial charge in [0.1, 0.15) is 11.7 Å². The fourth-order valence-electron chi connectivity index (χ4n) is 3.72. The van der Waals surface area contributed by atoms with Crippen molar-refractivity contribution in [2.75, 3.05) is 41.7 Å². The van der Waals surface area contributed by atoms with Crippen molar-refractivity contribution in [1.82, 2.24) is 0 Å². The number of methoxy groups -OCH3 is 4. The van der Waals surface area contributed by atoms with Crippen LogP contribution in [-0.2, 0) is 19.1 Å². The molecule has 0 saturated carbocycles. The van der Waals surface area contributed by atoms with Gasteiger partial charge in [-0.25, -0.2) is 4.79 Å². The van der Waals surface area contributed by atoms with E-state index in [2.05, 4.69) is 4.99 Å². The minimum atomic E-state index is -0.602. The number of rotatable bonds is 10. The van der Waals surface area contributed by atoms with E-state index in [1.54, 1.807) is 32.9 Å². The maximum absolute atomic E-state index is 12.7. The third-order valence-corrected chi connectivity index (χ3v) is 5.24. The predicted octanol–water partition coefficient (Wildman–Crippen LogP) is 3.20. The van der Waals surface area contributed by atoms with Crippen LogP contribution >= 0.6 is 0 Å². The summed E-state index contributed by atoms with van der Waals surface area (Å²) < 4.78 is 31.9. The molecule has 0 aromatic heterocycles. The molecule has 2 atom stereocenters. The summed E-state index contributed by atoms with van der Waals surface area (Å²) in [4.78, 5) is 29.1. The second-order valence-corrected chi connectivity index (χ2v) is 7.24. The molecule has 9 heteroatoms. The van der Waals surface area contributed by atoms with Gasteiger partial charge in [0.05, 0.1) is 47.2 Å². The lowest BCUT2D eigenvalue weighted by atomic mass is 9.81. The van der Waals surface area contributed by atoms with Gasteiger partial charge in [0.25, 0.3) is 0 Å². The molecule has 9 nitrogen and oxygen atoms in total. The van der Waals surface area contributed by atoms with Crippen molar-refractivity contribution in [3.05, 3.63) is 23.4 Å². The molecule has 1 aliphatic heterocycles. The molecule has 0 saturated heterocycles. The lowest BCUT2D eigenvalue weighted by molar-refractivity contribution is -0.144. The highest BCUT2D eigenvalue weighted by atomic mass is 16.5. The summed E-state index contributed by atoms with van der Waals surface area (Å²) in [5.41, 5.74) is 1.56. The highest BCUT2D eigenvalue weighted by Crippen LogP contribution is 2.40. The average Bonchev–Trinajstić information content (AvgIpc) is 2.77. The number of benzene rings is 1. The van der Waals surface area contributed by atoms with E-state index in [9.17, 15) is 9.59 Å². The molecule has 176 valence electrons. The van der Waals surface area contributed by atoms with Crippen molar-refractivity contribution in [2.24, 2.45) is 16.8 Å². The minimum absolute atomic E-state index is 0.151. The van der Waals surface area contributed by atoms with Crippen molar-refractivity contribution in [3.8, 4) is 23.0 Å². The molecule has 2 rings (SSSR count). The first kappa shape index (κ1) is 25.0. The van der Waals surface area contributed by atoms with Gasteiger partial charge in [-0.3, -0.25) is 9.79 Å². The van der Waals surface area contributed by atoms with E-state index >= 15 is 0 Å². The van der Waals surface area contributed by atoms with Crippen LogP contribution in [0, 0.1) is 11.8 Å². The molecular weight excluding hydrogens is 418 g/mol. The Labute approximate surface area is 188 Å². The summed E-state index contributed by atoms with van der Waals surface area (Å²) in [7, 11) is 5.90. The quantitative estimate of drug-likeness (QED) is 0.396. The lowest BCUT2D eigenvalue weighted by Crippen LogP contribution is -2.36. The van der Waals surface area contributed by atoms with Gasteiger partial charge in [-0.05, 0) is 13.8 Å². The van der Waals surface area contributed by atoms with E-state index < -0.39 is 17.9 Å². The van der Waals surface area contributed by atoms with E-state index in [0.29, 0.717) is 53.0 Å². The van der Waals surface area contributed by atoms with Gasteiger partial charge < -0.3 is 28.4 Å². The molecule has 0 fully saturated rings. The third kappa shape index (κ3) is 5.52. The number of ether oxygens (including phenoxy) is 6. The van der Waals surface area contributed by atoms with E-state index in [1.165, 1.54) is 28.4 Å². The van der Waals surface area contributed by atoms with Crippen LogP contribution < -0.4 is 18.9 Å². The molecule has 0 N–H and O–H groups in total. The second kappa shape index (κ2) is 11.4. The number of aliphatic imine (C=N–C) groups is 1. The molecule has 0 bridgehead atoms. The highest BCUT2D eigenvalue weighted by molar-refractivity contribution is 6.05. The van der Waals surface area contributed by atoms with Crippen molar-refractivity contribution in [2.45, 2.75) is 27.2 Å². The molecule has 1 aliphatic rings. The minimum Gasteiger partial charge on any atom is -0.493 e. The molecule has 0 aliphatic carbocycles. The summed E-state index contributed by atoms with van der Waals surface area (Å²) in [5.74, 6) is 0.0810. The van der Waals surface area contributed by atoms with E-state index in [0.717, 1.165) is 0 Å². The molecular formula is C23H31NO8. The zero-order valence-corrected chi connectivity index (χ0v) is 19.6. The van der Waals surface area contributed by atoms with Gasteiger partial charge in [0.15, 0.2) is 11.5 Å². The Bertz CT molecular complexity index is 880.